The van der Waals surface area contributed by atoms with Gasteiger partial charge in [-0.15, -0.1) is 0 Å². The van der Waals surface area contributed by atoms with Crippen molar-refractivity contribution in [2.24, 2.45) is 5.73 Å². The molecule has 1 aliphatic heterocycles. The van der Waals surface area contributed by atoms with Gasteiger partial charge in [-0.25, -0.2) is 10.4 Å². The van der Waals surface area contributed by atoms with Crippen molar-refractivity contribution in [3.63, 3.8) is 0 Å². The smallest absolute Gasteiger partial charge is 0.0417 e. The normalized spacial score (nSPS) is 24.9. The van der Waals surface area contributed by atoms with Crippen LogP contribution in [-0.4, -0.2) is 55.2 Å². The molecule has 14 heavy (non-hydrogen) atoms. The molecule has 0 radical (unpaired) electrons. The van der Waals surface area contributed by atoms with Crippen molar-refractivity contribution in [3.05, 3.63) is 0 Å². The van der Waals surface area contributed by atoms with Crippen LogP contribution in [-0.2, 0) is 0 Å². The van der Waals surface area contributed by atoms with E-state index in [1.54, 1.807) is 0 Å². The Kier molecular flexibility index (Phi) is 4.31. The van der Waals surface area contributed by atoms with E-state index in [9.17, 15) is 0 Å². The Morgan fingerprint density at radius 1 is 1.29 bits per heavy atom. The van der Waals surface area contributed by atoms with Gasteiger partial charge in [0.15, 0.2) is 0 Å². The van der Waals surface area contributed by atoms with Gasteiger partial charge >= 0.3 is 0 Å². The lowest BCUT2D eigenvalue weighted by Crippen LogP contribution is -2.60. The van der Waals surface area contributed by atoms with E-state index in [2.05, 4.69) is 36.2 Å². The highest BCUT2D eigenvalue weighted by atomic mass is 15.5. The molecular weight excluding hydrogens is 176 g/mol. The van der Waals surface area contributed by atoms with Crippen LogP contribution in [0.2, 0.25) is 0 Å². The third-order valence-corrected chi connectivity index (χ3v) is 3.16. The first-order chi connectivity index (χ1) is 6.59. The number of hydrogen-bond donors (Lipinski definition) is 2. The molecule has 1 saturated heterocycles. The fourth-order valence-electron chi connectivity index (χ4n) is 1.57. The summed E-state index contributed by atoms with van der Waals surface area (Å²) in [4.78, 5) is 2.35. The van der Waals surface area contributed by atoms with E-state index in [0.29, 0.717) is 6.54 Å². The Bertz CT molecular complexity index is 160. The summed E-state index contributed by atoms with van der Waals surface area (Å²) in [6.45, 7) is 9.50. The predicted molar refractivity (Wildman–Crippen MR) is 60.0 cm³/mol. The molecule has 1 heterocycles. The van der Waals surface area contributed by atoms with E-state index in [4.69, 9.17) is 5.73 Å². The van der Waals surface area contributed by atoms with Gasteiger partial charge in [0, 0.05) is 38.3 Å². The molecule has 3 N–H and O–H groups in total. The summed E-state index contributed by atoms with van der Waals surface area (Å²) in [5, 5.41) is 2.30. The molecule has 1 fully saturated rings. The molecule has 0 aromatic rings. The van der Waals surface area contributed by atoms with Gasteiger partial charge in [-0.1, -0.05) is 6.92 Å². The number of hydrogen-bond acceptors (Lipinski definition) is 4. The molecule has 0 aromatic carbocycles. The lowest BCUT2D eigenvalue weighted by atomic mass is 10.0. The molecule has 1 aliphatic rings. The molecule has 0 bridgehead atoms. The highest BCUT2D eigenvalue weighted by Gasteiger charge is 2.24. The highest BCUT2D eigenvalue weighted by molar-refractivity contribution is 4.82. The lowest BCUT2D eigenvalue weighted by molar-refractivity contribution is 0.0593. The zero-order valence-corrected chi connectivity index (χ0v) is 9.71. The molecule has 1 rings (SSSR count). The van der Waals surface area contributed by atoms with E-state index in [-0.39, 0.29) is 5.54 Å². The van der Waals surface area contributed by atoms with Crippen molar-refractivity contribution in [1.29, 1.82) is 0 Å². The average Bonchev–Trinajstić information content (AvgIpc) is 2.21. The molecule has 84 valence electrons. The van der Waals surface area contributed by atoms with Crippen LogP contribution in [0, 0.1) is 0 Å². The summed E-state index contributed by atoms with van der Waals surface area (Å²) in [6.07, 6.45) is 1.07. The first-order valence-corrected chi connectivity index (χ1v) is 5.51. The van der Waals surface area contributed by atoms with E-state index in [1.165, 1.54) is 0 Å². The van der Waals surface area contributed by atoms with Crippen LogP contribution in [0.3, 0.4) is 0 Å². The van der Waals surface area contributed by atoms with E-state index >= 15 is 0 Å². The summed E-state index contributed by atoms with van der Waals surface area (Å²) in [7, 11) is 2.17. The second-order valence-corrected chi connectivity index (χ2v) is 4.52. The Labute approximate surface area is 87.4 Å². The second kappa shape index (κ2) is 5.07. The SMILES string of the molecule is CCC(C)(CN)NN1CCN(C)CC1. The first-order valence-electron chi connectivity index (χ1n) is 5.51. The van der Waals surface area contributed by atoms with E-state index in [0.717, 1.165) is 32.6 Å². The minimum Gasteiger partial charge on any atom is -0.329 e. The number of hydrazine groups is 1. The second-order valence-electron chi connectivity index (χ2n) is 4.52. The quantitative estimate of drug-likeness (QED) is 0.663. The van der Waals surface area contributed by atoms with Gasteiger partial charge < -0.3 is 10.6 Å². The zero-order valence-electron chi connectivity index (χ0n) is 9.71. The monoisotopic (exact) mass is 200 g/mol. The van der Waals surface area contributed by atoms with E-state index in [1.807, 2.05) is 0 Å². The maximum atomic E-state index is 5.76. The Morgan fingerprint density at radius 2 is 1.86 bits per heavy atom. The molecule has 0 amide bonds. The first kappa shape index (κ1) is 11.9. The van der Waals surface area contributed by atoms with Gasteiger partial charge in [-0.3, -0.25) is 0 Å². The molecule has 0 spiro atoms. The Morgan fingerprint density at radius 3 is 2.29 bits per heavy atom. The third-order valence-electron chi connectivity index (χ3n) is 3.16. The minimum atomic E-state index is 0.0654. The molecule has 0 aliphatic carbocycles. The standard InChI is InChI=1S/C10H24N4/c1-4-10(2,9-11)12-14-7-5-13(3)6-8-14/h12H,4-9,11H2,1-3H3. The minimum absolute atomic E-state index is 0.0654. The van der Waals surface area contributed by atoms with Gasteiger partial charge in [0.05, 0.1) is 0 Å². The van der Waals surface area contributed by atoms with Crippen LogP contribution in [0.1, 0.15) is 20.3 Å². The maximum Gasteiger partial charge on any atom is 0.0417 e. The number of nitrogens with two attached hydrogens (primary N) is 1. The van der Waals surface area contributed by atoms with Gasteiger partial charge in [0.1, 0.15) is 0 Å². The van der Waals surface area contributed by atoms with Crippen LogP contribution < -0.4 is 11.2 Å². The van der Waals surface area contributed by atoms with Crippen molar-refractivity contribution in [3.8, 4) is 0 Å². The van der Waals surface area contributed by atoms with Crippen molar-refractivity contribution >= 4 is 0 Å². The van der Waals surface area contributed by atoms with E-state index < -0.39 is 0 Å². The van der Waals surface area contributed by atoms with Crippen LogP contribution in [0.4, 0.5) is 0 Å². The van der Waals surface area contributed by atoms with Gasteiger partial charge in [-0.2, -0.15) is 0 Å². The van der Waals surface area contributed by atoms with Crippen LogP contribution in [0.25, 0.3) is 0 Å². The van der Waals surface area contributed by atoms with Crippen molar-refractivity contribution in [1.82, 2.24) is 15.3 Å². The zero-order chi connectivity index (χ0) is 10.6. The summed E-state index contributed by atoms with van der Waals surface area (Å²) < 4.78 is 0. The average molecular weight is 200 g/mol. The molecule has 4 heteroatoms. The maximum absolute atomic E-state index is 5.76. The molecule has 0 aromatic heterocycles. The fraction of sp³-hybridized carbons (Fsp3) is 1.00. The lowest BCUT2D eigenvalue weighted by Gasteiger charge is -2.39. The van der Waals surface area contributed by atoms with Crippen molar-refractivity contribution < 1.29 is 0 Å². The molecule has 0 saturated carbocycles. The molecule has 1 atom stereocenters. The Hall–Kier alpha value is -0.160. The van der Waals surface area contributed by atoms with Gasteiger partial charge in [0.2, 0.25) is 0 Å². The molecule has 4 nitrogen and oxygen atoms in total. The summed E-state index contributed by atoms with van der Waals surface area (Å²) in [6, 6.07) is 0. The summed E-state index contributed by atoms with van der Waals surface area (Å²) >= 11 is 0. The number of piperazine rings is 1. The fourth-order valence-corrected chi connectivity index (χ4v) is 1.57. The Balaban J connectivity index is 2.36. The number of likely N-dealkylation sites (N-methyl/N-ethyl adjacent to an activating group) is 1. The largest absolute Gasteiger partial charge is 0.329 e. The molecular formula is C10H24N4. The van der Waals surface area contributed by atoms with Crippen molar-refractivity contribution in [2.75, 3.05) is 39.8 Å². The number of nitrogens with zero attached hydrogens (tertiary/aromatic N) is 2. The number of nitrogens with one attached hydrogen (secondary N) is 1. The van der Waals surface area contributed by atoms with Crippen LogP contribution >= 0.6 is 0 Å². The predicted octanol–water partition coefficient (Wildman–Crippen LogP) is -0.134. The molecule has 1 unspecified atom stereocenters. The number of rotatable bonds is 4. The van der Waals surface area contributed by atoms with Crippen LogP contribution in [0.15, 0.2) is 0 Å². The highest BCUT2D eigenvalue weighted by Crippen LogP contribution is 2.08. The van der Waals surface area contributed by atoms with Gasteiger partial charge in [-0.05, 0) is 20.4 Å². The summed E-state index contributed by atoms with van der Waals surface area (Å²) in [5.74, 6) is 0. The topological polar surface area (TPSA) is 44.5 Å². The third kappa shape index (κ3) is 3.20. The van der Waals surface area contributed by atoms with Gasteiger partial charge in [0.25, 0.3) is 0 Å². The summed E-state index contributed by atoms with van der Waals surface area (Å²) in [5.41, 5.74) is 9.36. The van der Waals surface area contributed by atoms with Crippen LogP contribution in [0.5, 0.6) is 0 Å². The van der Waals surface area contributed by atoms with Crippen molar-refractivity contribution in [2.45, 2.75) is 25.8 Å².